The number of aryl methyl sites for hydroxylation is 2. The third-order valence-electron chi connectivity index (χ3n) is 7.30. The zero-order chi connectivity index (χ0) is 28.3. The normalized spacial score (nSPS) is 11.1. The number of nitrogens with two attached hydrogens (primary N) is 1. The van der Waals surface area contributed by atoms with Gasteiger partial charge in [0.25, 0.3) is 0 Å². The number of rotatable bonds is 14. The summed E-state index contributed by atoms with van der Waals surface area (Å²) < 4.78 is 11.6. The summed E-state index contributed by atoms with van der Waals surface area (Å²) in [5.41, 5.74) is 12.7. The van der Waals surface area contributed by atoms with Gasteiger partial charge in [-0.3, -0.25) is 9.69 Å². The minimum absolute atomic E-state index is 0.175. The van der Waals surface area contributed by atoms with Gasteiger partial charge in [-0.1, -0.05) is 84.9 Å². The molecular weight excluding hydrogens is 496 g/mol. The number of primary amides is 1. The van der Waals surface area contributed by atoms with Crippen LogP contribution in [0.4, 0.5) is 0 Å². The molecule has 0 aliphatic rings. The maximum absolute atomic E-state index is 11.3. The van der Waals surface area contributed by atoms with Gasteiger partial charge in [-0.05, 0) is 65.8 Å². The van der Waals surface area contributed by atoms with Crippen LogP contribution in [0.2, 0.25) is 0 Å². The quantitative estimate of drug-likeness (QED) is 0.188. The molecule has 0 aliphatic carbocycles. The second kappa shape index (κ2) is 14.3. The van der Waals surface area contributed by atoms with E-state index in [2.05, 4.69) is 97.6 Å². The van der Waals surface area contributed by atoms with Gasteiger partial charge >= 0.3 is 0 Å². The summed E-state index contributed by atoms with van der Waals surface area (Å²) in [4.78, 5) is 13.8. The van der Waals surface area contributed by atoms with Gasteiger partial charge in [0.1, 0.15) is 0 Å². The van der Waals surface area contributed by atoms with E-state index in [0.717, 1.165) is 31.6 Å². The highest BCUT2D eigenvalue weighted by Gasteiger charge is 2.19. The number of nitrogens with zero attached hydrogens (tertiary/aromatic N) is 1. The highest BCUT2D eigenvalue weighted by atomic mass is 16.5. The Balaban J connectivity index is 1.49. The van der Waals surface area contributed by atoms with Gasteiger partial charge in [-0.15, -0.1) is 0 Å². The van der Waals surface area contributed by atoms with Crippen molar-refractivity contribution in [1.82, 2.24) is 4.90 Å². The molecule has 0 heterocycles. The van der Waals surface area contributed by atoms with Crippen molar-refractivity contribution in [2.45, 2.75) is 39.2 Å². The molecule has 208 valence electrons. The van der Waals surface area contributed by atoms with E-state index in [1.54, 1.807) is 7.11 Å². The summed E-state index contributed by atoms with van der Waals surface area (Å²) in [5, 5.41) is 0. The van der Waals surface area contributed by atoms with Gasteiger partial charge in [0.2, 0.25) is 5.91 Å². The Hall–Kier alpha value is -4.09. The molecule has 0 radical (unpaired) electrons. The minimum atomic E-state index is -0.371. The van der Waals surface area contributed by atoms with E-state index in [4.69, 9.17) is 15.2 Å². The summed E-state index contributed by atoms with van der Waals surface area (Å²) in [6.45, 7) is 7.52. The summed E-state index contributed by atoms with van der Waals surface area (Å²) in [7, 11) is 1.61. The molecule has 40 heavy (non-hydrogen) atoms. The first kappa shape index (κ1) is 28.9. The first-order valence-corrected chi connectivity index (χ1v) is 13.9. The predicted octanol–water partition coefficient (Wildman–Crippen LogP) is 6.44. The number of benzene rings is 4. The fraction of sp³-hybridized carbons (Fsp3) is 0.286. The van der Waals surface area contributed by atoms with Gasteiger partial charge in [0.15, 0.2) is 11.5 Å². The number of carbonyl (C=O) groups is 1. The smallest absolute Gasteiger partial charge is 0.221 e. The number of hydrogen-bond acceptors (Lipinski definition) is 4. The zero-order valence-electron chi connectivity index (χ0n) is 23.8. The van der Waals surface area contributed by atoms with Crippen LogP contribution in [-0.2, 0) is 17.8 Å². The first-order chi connectivity index (χ1) is 19.4. The van der Waals surface area contributed by atoms with Gasteiger partial charge in [0, 0.05) is 25.6 Å². The van der Waals surface area contributed by atoms with Crippen molar-refractivity contribution in [2.75, 3.05) is 26.8 Å². The van der Waals surface area contributed by atoms with Crippen molar-refractivity contribution < 1.29 is 14.3 Å². The molecule has 5 nitrogen and oxygen atoms in total. The highest BCUT2D eigenvalue weighted by molar-refractivity contribution is 5.76. The molecule has 0 saturated heterocycles. The molecule has 0 atom stereocenters. The SMILES string of the molecule is COc1cc(CC(N)=O)ccc1OCCCN(Cc1ccc(C)c(C)c1)CC(c1ccccc1)c1ccccc1. The van der Waals surface area contributed by atoms with Crippen LogP contribution in [0.25, 0.3) is 0 Å². The third-order valence-corrected chi connectivity index (χ3v) is 7.30. The van der Waals surface area contributed by atoms with Crippen molar-refractivity contribution in [2.24, 2.45) is 5.73 Å². The highest BCUT2D eigenvalue weighted by Crippen LogP contribution is 2.29. The summed E-state index contributed by atoms with van der Waals surface area (Å²) in [6, 6.07) is 33.8. The lowest BCUT2D eigenvalue weighted by molar-refractivity contribution is -0.117. The molecular formula is C35H40N2O3. The van der Waals surface area contributed by atoms with Gasteiger partial charge < -0.3 is 15.2 Å². The Bertz CT molecular complexity index is 1330. The standard InChI is InChI=1S/C35H40N2O3/c1-26-15-16-29(21-27(26)2)24-37(25-32(30-11-6-4-7-12-30)31-13-8-5-9-14-31)19-10-20-40-33-18-17-28(23-35(36)38)22-34(33)39-3/h4-9,11-18,21-22,32H,10,19-20,23-25H2,1-3H3,(H2,36,38). The van der Waals surface area contributed by atoms with Crippen LogP contribution in [0.5, 0.6) is 11.5 Å². The Labute approximate surface area is 238 Å². The van der Waals surface area contributed by atoms with Crippen LogP contribution >= 0.6 is 0 Å². The first-order valence-electron chi connectivity index (χ1n) is 13.9. The van der Waals surface area contributed by atoms with Crippen LogP contribution in [-0.4, -0.2) is 37.6 Å². The zero-order valence-corrected chi connectivity index (χ0v) is 23.8. The van der Waals surface area contributed by atoms with Crippen molar-refractivity contribution in [3.8, 4) is 11.5 Å². The molecule has 5 heteroatoms. The van der Waals surface area contributed by atoms with E-state index in [1.165, 1.54) is 27.8 Å². The molecule has 0 aromatic heterocycles. The number of methoxy groups -OCH3 is 1. The molecule has 0 saturated carbocycles. The lowest BCUT2D eigenvalue weighted by atomic mass is 9.90. The van der Waals surface area contributed by atoms with Crippen LogP contribution < -0.4 is 15.2 Å². The predicted molar refractivity (Wildman–Crippen MR) is 162 cm³/mol. The number of ether oxygens (including phenoxy) is 2. The minimum Gasteiger partial charge on any atom is -0.493 e. The lowest BCUT2D eigenvalue weighted by Crippen LogP contribution is -2.31. The maximum atomic E-state index is 11.3. The van der Waals surface area contributed by atoms with Gasteiger partial charge in [-0.25, -0.2) is 0 Å². The summed E-state index contributed by atoms with van der Waals surface area (Å²) in [5.74, 6) is 1.17. The fourth-order valence-corrected chi connectivity index (χ4v) is 5.04. The summed E-state index contributed by atoms with van der Waals surface area (Å²) >= 11 is 0. The number of amides is 1. The van der Waals surface area contributed by atoms with E-state index in [-0.39, 0.29) is 18.2 Å². The molecule has 0 bridgehead atoms. The van der Waals surface area contributed by atoms with Crippen LogP contribution in [0.3, 0.4) is 0 Å². The van der Waals surface area contributed by atoms with Crippen molar-refractivity contribution >= 4 is 5.91 Å². The molecule has 4 rings (SSSR count). The van der Waals surface area contributed by atoms with E-state index in [9.17, 15) is 4.79 Å². The average Bonchev–Trinajstić information content (AvgIpc) is 2.96. The van der Waals surface area contributed by atoms with Crippen molar-refractivity contribution in [3.63, 3.8) is 0 Å². The van der Waals surface area contributed by atoms with E-state index in [0.29, 0.717) is 18.1 Å². The van der Waals surface area contributed by atoms with Gasteiger partial charge in [-0.2, -0.15) is 0 Å². The Morgan fingerprint density at radius 3 is 2.05 bits per heavy atom. The molecule has 0 aliphatic heterocycles. The molecule has 0 unspecified atom stereocenters. The second-order valence-corrected chi connectivity index (χ2v) is 10.4. The van der Waals surface area contributed by atoms with Crippen molar-refractivity contribution in [3.05, 3.63) is 130 Å². The van der Waals surface area contributed by atoms with E-state index >= 15 is 0 Å². The van der Waals surface area contributed by atoms with E-state index < -0.39 is 0 Å². The Kier molecular flexibility index (Phi) is 10.4. The number of hydrogen-bond donors (Lipinski definition) is 1. The third kappa shape index (κ3) is 8.20. The van der Waals surface area contributed by atoms with Crippen molar-refractivity contribution in [1.29, 1.82) is 0 Å². The second-order valence-electron chi connectivity index (χ2n) is 10.4. The average molecular weight is 537 g/mol. The summed E-state index contributed by atoms with van der Waals surface area (Å²) in [6.07, 6.45) is 1.03. The van der Waals surface area contributed by atoms with Crippen LogP contribution in [0.15, 0.2) is 97.1 Å². The maximum Gasteiger partial charge on any atom is 0.221 e. The monoisotopic (exact) mass is 536 g/mol. The van der Waals surface area contributed by atoms with E-state index in [1.807, 2.05) is 18.2 Å². The van der Waals surface area contributed by atoms with Crippen LogP contribution in [0, 0.1) is 13.8 Å². The molecule has 0 spiro atoms. The fourth-order valence-electron chi connectivity index (χ4n) is 5.04. The molecule has 1 amide bonds. The Morgan fingerprint density at radius 1 is 0.800 bits per heavy atom. The molecule has 2 N–H and O–H groups in total. The topological polar surface area (TPSA) is 64.8 Å². The molecule has 4 aromatic carbocycles. The Morgan fingerprint density at radius 2 is 1.45 bits per heavy atom. The molecule has 4 aromatic rings. The largest absolute Gasteiger partial charge is 0.493 e. The lowest BCUT2D eigenvalue weighted by Gasteiger charge is -2.29. The van der Waals surface area contributed by atoms with Gasteiger partial charge in [0.05, 0.1) is 20.1 Å². The molecule has 0 fully saturated rings. The van der Waals surface area contributed by atoms with Crippen LogP contribution in [0.1, 0.15) is 45.7 Å². The number of carbonyl (C=O) groups excluding carboxylic acids is 1.